The van der Waals surface area contributed by atoms with Crippen LogP contribution >= 0.6 is 0 Å². The van der Waals surface area contributed by atoms with Crippen LogP contribution in [0.15, 0.2) is 85.0 Å². The first-order chi connectivity index (χ1) is 24.3. The van der Waals surface area contributed by atoms with E-state index in [1.165, 1.54) is 73.6 Å². The summed E-state index contributed by atoms with van der Waals surface area (Å²) in [4.78, 5) is 24.0. The van der Waals surface area contributed by atoms with Crippen LogP contribution in [0.5, 0.6) is 0 Å². The van der Waals surface area contributed by atoms with E-state index in [1.54, 1.807) is 0 Å². The summed E-state index contributed by atoms with van der Waals surface area (Å²) in [5, 5.41) is 18.3. The smallest absolute Gasteiger partial charge is 0.335 e. The lowest BCUT2D eigenvalue weighted by Gasteiger charge is -2.33. The molecule has 0 spiro atoms. The lowest BCUT2D eigenvalue weighted by Crippen LogP contribution is -2.25. The summed E-state index contributed by atoms with van der Waals surface area (Å²) in [7, 11) is 0. The SMILES string of the molecule is C=C(CO)C(=O)OCCC(CCOC(=O)C(=C)CO)C1CCC(/C=C/C2CCC(c3ccc(-c4ccc(CCCCC)cc4)cc3)CC2)CC1. The number of rotatable bonds is 19. The molecule has 2 N–H and O–H groups in total. The van der Waals surface area contributed by atoms with Crippen molar-refractivity contribution in [2.24, 2.45) is 23.7 Å². The highest BCUT2D eigenvalue weighted by atomic mass is 16.5. The van der Waals surface area contributed by atoms with Gasteiger partial charge in [0.05, 0.1) is 37.6 Å². The van der Waals surface area contributed by atoms with Crippen molar-refractivity contribution >= 4 is 11.9 Å². The Bertz CT molecular complexity index is 1340. The fourth-order valence-corrected chi connectivity index (χ4v) is 7.71. The third-order valence-electron chi connectivity index (χ3n) is 11.1. The summed E-state index contributed by atoms with van der Waals surface area (Å²) in [6.07, 6.45) is 20.7. The maximum atomic E-state index is 12.0. The standard InChI is InChI=1S/C44H60O6/c1-4-5-6-7-34-10-16-37(17-11-34)40-22-24-41(25-23-40)38-18-12-35(13-19-38)8-9-36-14-20-39(21-15-36)42(26-28-49-43(47)32(2)30-45)27-29-50-44(48)33(3)31-46/h8-11,16-17,22-25,35-36,38-39,42,45-46H,2-7,12-15,18-21,26-31H2,1H3/b9-8+. The van der Waals surface area contributed by atoms with Crippen molar-refractivity contribution in [3.8, 4) is 11.1 Å². The van der Waals surface area contributed by atoms with Gasteiger partial charge < -0.3 is 19.7 Å². The summed E-state index contributed by atoms with van der Waals surface area (Å²) in [5.41, 5.74) is 5.59. The molecule has 0 aliphatic heterocycles. The Hall–Kier alpha value is -3.48. The van der Waals surface area contributed by atoms with Gasteiger partial charge in [0.15, 0.2) is 0 Å². The first kappa shape index (κ1) is 39.3. The molecule has 2 aliphatic carbocycles. The first-order valence-corrected chi connectivity index (χ1v) is 19.1. The van der Waals surface area contributed by atoms with E-state index in [0.29, 0.717) is 36.5 Å². The molecule has 0 aromatic heterocycles. The van der Waals surface area contributed by atoms with Gasteiger partial charge in [0.2, 0.25) is 0 Å². The maximum Gasteiger partial charge on any atom is 0.335 e. The molecule has 0 radical (unpaired) electrons. The van der Waals surface area contributed by atoms with Gasteiger partial charge >= 0.3 is 11.9 Å². The molecule has 0 amide bonds. The predicted octanol–water partition coefficient (Wildman–Crippen LogP) is 9.30. The van der Waals surface area contributed by atoms with Gasteiger partial charge in [-0.2, -0.15) is 0 Å². The van der Waals surface area contributed by atoms with Crippen LogP contribution in [0.2, 0.25) is 0 Å². The van der Waals surface area contributed by atoms with Gasteiger partial charge in [0.1, 0.15) is 0 Å². The molecule has 2 aromatic rings. The molecule has 4 rings (SSSR count). The quantitative estimate of drug-likeness (QED) is 0.0663. The Morgan fingerprint density at radius 2 is 1.20 bits per heavy atom. The molecular formula is C44H60O6. The Kier molecular flexibility index (Phi) is 16.5. The minimum absolute atomic E-state index is 0.0440. The van der Waals surface area contributed by atoms with Crippen LogP contribution in [0.25, 0.3) is 11.1 Å². The molecule has 2 fully saturated rings. The predicted molar refractivity (Wildman–Crippen MR) is 201 cm³/mol. The molecule has 0 bridgehead atoms. The van der Waals surface area contributed by atoms with Gasteiger partial charge in [0.25, 0.3) is 0 Å². The summed E-state index contributed by atoms with van der Waals surface area (Å²) in [6, 6.07) is 18.4. The molecule has 0 heterocycles. The van der Waals surface area contributed by atoms with Gasteiger partial charge in [0, 0.05) is 0 Å². The van der Waals surface area contributed by atoms with Crippen molar-refractivity contribution in [1.29, 1.82) is 0 Å². The van der Waals surface area contributed by atoms with Gasteiger partial charge in [-0.3, -0.25) is 0 Å². The third-order valence-corrected chi connectivity index (χ3v) is 11.1. The van der Waals surface area contributed by atoms with Crippen LogP contribution in [-0.2, 0) is 25.5 Å². The van der Waals surface area contributed by atoms with E-state index in [1.807, 2.05) is 0 Å². The number of ether oxygens (including phenoxy) is 2. The number of aliphatic hydroxyl groups is 2. The molecule has 2 saturated carbocycles. The highest BCUT2D eigenvalue weighted by Crippen LogP contribution is 2.40. The lowest BCUT2D eigenvalue weighted by atomic mass is 9.73. The van der Waals surface area contributed by atoms with Crippen molar-refractivity contribution in [1.82, 2.24) is 0 Å². The lowest BCUT2D eigenvalue weighted by molar-refractivity contribution is -0.140. The van der Waals surface area contributed by atoms with E-state index in [9.17, 15) is 9.59 Å². The zero-order valence-corrected chi connectivity index (χ0v) is 30.3. The number of benzene rings is 2. The van der Waals surface area contributed by atoms with Gasteiger partial charge in [-0.15, -0.1) is 0 Å². The monoisotopic (exact) mass is 684 g/mol. The second-order valence-electron chi connectivity index (χ2n) is 14.6. The third kappa shape index (κ3) is 12.4. The molecule has 2 aromatic carbocycles. The Morgan fingerprint density at radius 1 is 0.720 bits per heavy atom. The number of esters is 2. The number of allylic oxidation sites excluding steroid dienone is 2. The average molecular weight is 685 g/mol. The first-order valence-electron chi connectivity index (χ1n) is 19.1. The highest BCUT2D eigenvalue weighted by molar-refractivity contribution is 5.88. The fraction of sp³-hybridized carbons (Fsp3) is 0.545. The molecule has 0 atom stereocenters. The van der Waals surface area contributed by atoms with Crippen LogP contribution in [0.1, 0.15) is 107 Å². The normalized spacial score (nSPS) is 20.9. The summed E-state index contributed by atoms with van der Waals surface area (Å²) in [5.74, 6) is 1.41. The van der Waals surface area contributed by atoms with E-state index in [2.05, 4.69) is 80.8 Å². The Balaban J connectivity index is 1.20. The van der Waals surface area contributed by atoms with Crippen LogP contribution in [0, 0.1) is 23.7 Å². The number of hydrogen-bond donors (Lipinski definition) is 2. The largest absolute Gasteiger partial charge is 0.462 e. The number of aliphatic hydroxyl groups excluding tert-OH is 2. The Morgan fingerprint density at radius 3 is 1.68 bits per heavy atom. The molecule has 50 heavy (non-hydrogen) atoms. The molecule has 2 aliphatic rings. The van der Waals surface area contributed by atoms with Gasteiger partial charge in [-0.25, -0.2) is 9.59 Å². The number of aryl methyl sites for hydroxylation is 1. The second-order valence-corrected chi connectivity index (χ2v) is 14.6. The molecule has 272 valence electrons. The molecule has 6 heteroatoms. The van der Waals surface area contributed by atoms with Gasteiger partial charge in [-0.05, 0) is 129 Å². The number of carbonyl (C=O) groups excluding carboxylic acids is 2. The topological polar surface area (TPSA) is 93.1 Å². The summed E-state index contributed by atoms with van der Waals surface area (Å²) >= 11 is 0. The van der Waals surface area contributed by atoms with Gasteiger partial charge in [-0.1, -0.05) is 93.6 Å². The summed E-state index contributed by atoms with van der Waals surface area (Å²) < 4.78 is 10.7. The molecular weight excluding hydrogens is 624 g/mol. The van der Waals surface area contributed by atoms with Crippen molar-refractivity contribution in [3.05, 3.63) is 96.1 Å². The van der Waals surface area contributed by atoms with Crippen molar-refractivity contribution in [2.75, 3.05) is 26.4 Å². The van der Waals surface area contributed by atoms with E-state index < -0.39 is 25.2 Å². The Labute approximate surface area is 300 Å². The van der Waals surface area contributed by atoms with Crippen LogP contribution in [0.4, 0.5) is 0 Å². The van der Waals surface area contributed by atoms with Crippen LogP contribution < -0.4 is 0 Å². The number of carbonyl (C=O) groups is 2. The van der Waals surface area contributed by atoms with E-state index in [-0.39, 0.29) is 30.3 Å². The number of unbranched alkanes of at least 4 members (excludes halogenated alkanes) is 2. The van der Waals surface area contributed by atoms with E-state index in [0.717, 1.165) is 25.7 Å². The zero-order chi connectivity index (χ0) is 35.7. The zero-order valence-electron chi connectivity index (χ0n) is 30.3. The minimum Gasteiger partial charge on any atom is -0.462 e. The second kappa shape index (κ2) is 21.0. The molecule has 0 unspecified atom stereocenters. The van der Waals surface area contributed by atoms with Crippen molar-refractivity contribution in [2.45, 2.75) is 103 Å². The fourth-order valence-electron chi connectivity index (χ4n) is 7.71. The number of hydrogen-bond acceptors (Lipinski definition) is 6. The van der Waals surface area contributed by atoms with E-state index in [4.69, 9.17) is 19.7 Å². The highest BCUT2D eigenvalue weighted by Gasteiger charge is 2.28. The van der Waals surface area contributed by atoms with Crippen LogP contribution in [-0.4, -0.2) is 48.6 Å². The van der Waals surface area contributed by atoms with Crippen molar-refractivity contribution in [3.63, 3.8) is 0 Å². The molecule has 6 nitrogen and oxygen atoms in total. The van der Waals surface area contributed by atoms with E-state index >= 15 is 0 Å². The summed E-state index contributed by atoms with van der Waals surface area (Å²) in [6.45, 7) is 8.95. The minimum atomic E-state index is -0.577. The molecule has 0 saturated heterocycles. The van der Waals surface area contributed by atoms with Crippen molar-refractivity contribution < 1.29 is 29.3 Å². The van der Waals surface area contributed by atoms with Crippen LogP contribution in [0.3, 0.4) is 0 Å². The average Bonchev–Trinajstić information content (AvgIpc) is 3.16. The maximum absolute atomic E-state index is 12.0.